The van der Waals surface area contributed by atoms with E-state index in [2.05, 4.69) is 12.1 Å². The van der Waals surface area contributed by atoms with Crippen LogP contribution in [0.2, 0.25) is 0 Å². The van der Waals surface area contributed by atoms with E-state index in [4.69, 9.17) is 0 Å². The van der Waals surface area contributed by atoms with E-state index in [1.807, 2.05) is 42.3 Å². The van der Waals surface area contributed by atoms with Crippen LogP contribution < -0.4 is 0 Å². The van der Waals surface area contributed by atoms with E-state index in [9.17, 15) is 10.5 Å². The summed E-state index contributed by atoms with van der Waals surface area (Å²) >= 11 is 0. The zero-order chi connectivity index (χ0) is 11.6. The van der Waals surface area contributed by atoms with Gasteiger partial charge in [0.2, 0.25) is 0 Å². The highest BCUT2D eigenvalue weighted by atomic mass is 15.1. The van der Waals surface area contributed by atoms with Crippen LogP contribution in [0.15, 0.2) is 30.3 Å². The Morgan fingerprint density at radius 1 is 1.25 bits per heavy atom. The second-order valence-corrected chi connectivity index (χ2v) is 4.35. The van der Waals surface area contributed by atoms with Crippen LogP contribution in [0.4, 0.5) is 0 Å². The van der Waals surface area contributed by atoms with E-state index in [-0.39, 0.29) is 5.92 Å². The van der Waals surface area contributed by atoms with Gasteiger partial charge in [-0.25, -0.2) is 0 Å². The van der Waals surface area contributed by atoms with Crippen LogP contribution in [0, 0.1) is 28.1 Å². The number of likely N-dealkylation sites (N-methyl/N-ethyl adjacent to an activating group) is 1. The maximum Gasteiger partial charge on any atom is 0.164 e. The maximum absolute atomic E-state index is 9.27. The Labute approximate surface area is 95.5 Å². The highest BCUT2D eigenvalue weighted by Crippen LogP contribution is 2.41. The first-order valence-corrected chi connectivity index (χ1v) is 5.28. The van der Waals surface area contributed by atoms with Crippen molar-refractivity contribution in [1.29, 1.82) is 10.5 Å². The topological polar surface area (TPSA) is 50.8 Å². The first-order chi connectivity index (χ1) is 7.72. The van der Waals surface area contributed by atoms with Crippen LogP contribution >= 0.6 is 0 Å². The Kier molecular flexibility index (Phi) is 2.64. The summed E-state index contributed by atoms with van der Waals surface area (Å²) in [5.41, 5.74) is 0.186. The van der Waals surface area contributed by atoms with Gasteiger partial charge >= 0.3 is 0 Å². The van der Waals surface area contributed by atoms with E-state index in [1.165, 1.54) is 0 Å². The van der Waals surface area contributed by atoms with Crippen molar-refractivity contribution in [2.24, 2.45) is 5.41 Å². The standard InChI is InChI=1S/C13H13N3/c1-16-7-12(11-5-3-2-4-6-11)13(8-14,9-15)10-16/h2-6,12H,7,10H2,1H3. The molecule has 1 aromatic carbocycles. The van der Waals surface area contributed by atoms with E-state index in [1.54, 1.807) is 0 Å². The molecule has 1 unspecified atom stereocenters. The normalized spacial score (nSPS) is 23.6. The molecule has 0 radical (unpaired) electrons. The maximum atomic E-state index is 9.27. The molecule has 1 heterocycles. The number of benzene rings is 1. The highest BCUT2D eigenvalue weighted by Gasteiger charge is 2.47. The van der Waals surface area contributed by atoms with Crippen molar-refractivity contribution in [3.8, 4) is 12.1 Å². The third-order valence-corrected chi connectivity index (χ3v) is 3.21. The van der Waals surface area contributed by atoms with E-state index in [0.29, 0.717) is 6.54 Å². The molecule has 1 aliphatic rings. The molecule has 1 atom stereocenters. The fourth-order valence-electron chi connectivity index (χ4n) is 2.39. The Bertz CT molecular complexity index is 438. The number of nitriles is 2. The van der Waals surface area contributed by atoms with Gasteiger partial charge in [0.1, 0.15) is 0 Å². The van der Waals surface area contributed by atoms with Gasteiger partial charge < -0.3 is 4.90 Å². The molecular formula is C13H13N3. The molecule has 0 saturated carbocycles. The van der Waals surface area contributed by atoms with Gasteiger partial charge in [-0.3, -0.25) is 0 Å². The number of hydrogen-bond donors (Lipinski definition) is 0. The van der Waals surface area contributed by atoms with Crippen molar-refractivity contribution in [3.63, 3.8) is 0 Å². The summed E-state index contributed by atoms with van der Waals surface area (Å²) in [6.07, 6.45) is 0. The van der Waals surface area contributed by atoms with Crippen LogP contribution in [0.1, 0.15) is 11.5 Å². The molecular weight excluding hydrogens is 198 g/mol. The molecule has 0 bridgehead atoms. The van der Waals surface area contributed by atoms with E-state index < -0.39 is 5.41 Å². The average molecular weight is 211 g/mol. The first kappa shape index (κ1) is 10.7. The molecule has 1 saturated heterocycles. The molecule has 1 aliphatic heterocycles. The minimum absolute atomic E-state index is 0.00583. The molecule has 1 aromatic rings. The Balaban J connectivity index is 2.42. The smallest absolute Gasteiger partial charge is 0.164 e. The summed E-state index contributed by atoms with van der Waals surface area (Å²) in [6, 6.07) is 14.2. The highest BCUT2D eigenvalue weighted by molar-refractivity contribution is 5.34. The largest absolute Gasteiger partial charge is 0.303 e. The summed E-state index contributed by atoms with van der Waals surface area (Å²) in [7, 11) is 1.95. The lowest BCUT2D eigenvalue weighted by molar-refractivity contribution is 0.391. The fraction of sp³-hybridized carbons (Fsp3) is 0.385. The molecule has 3 heteroatoms. The lowest BCUT2D eigenvalue weighted by Gasteiger charge is -2.19. The third kappa shape index (κ3) is 1.56. The predicted octanol–water partition coefficient (Wildman–Crippen LogP) is 1.75. The molecule has 0 aromatic heterocycles. The van der Waals surface area contributed by atoms with Crippen LogP contribution in [0.25, 0.3) is 0 Å². The van der Waals surface area contributed by atoms with E-state index in [0.717, 1.165) is 12.1 Å². The quantitative estimate of drug-likeness (QED) is 0.711. The van der Waals surface area contributed by atoms with Crippen molar-refractivity contribution >= 4 is 0 Å². The van der Waals surface area contributed by atoms with E-state index >= 15 is 0 Å². The van der Waals surface area contributed by atoms with Crippen molar-refractivity contribution in [2.75, 3.05) is 20.1 Å². The molecule has 0 spiro atoms. The molecule has 0 aliphatic carbocycles. The Morgan fingerprint density at radius 2 is 1.88 bits per heavy atom. The summed E-state index contributed by atoms with van der Waals surface area (Å²) < 4.78 is 0. The minimum atomic E-state index is -0.893. The molecule has 16 heavy (non-hydrogen) atoms. The second-order valence-electron chi connectivity index (χ2n) is 4.35. The predicted molar refractivity (Wildman–Crippen MR) is 60.3 cm³/mol. The summed E-state index contributed by atoms with van der Waals surface area (Å²) in [6.45, 7) is 1.30. The molecule has 2 rings (SSSR count). The van der Waals surface area contributed by atoms with Crippen LogP contribution in [0.3, 0.4) is 0 Å². The van der Waals surface area contributed by atoms with Gasteiger partial charge in [0.15, 0.2) is 5.41 Å². The molecule has 1 fully saturated rings. The third-order valence-electron chi connectivity index (χ3n) is 3.21. The Hall–Kier alpha value is -1.84. The number of likely N-dealkylation sites (tertiary alicyclic amines) is 1. The average Bonchev–Trinajstić information content (AvgIpc) is 2.68. The van der Waals surface area contributed by atoms with Gasteiger partial charge in [0.05, 0.1) is 12.1 Å². The van der Waals surface area contributed by atoms with Crippen LogP contribution in [-0.2, 0) is 0 Å². The van der Waals surface area contributed by atoms with Gasteiger partial charge in [0, 0.05) is 19.0 Å². The zero-order valence-electron chi connectivity index (χ0n) is 9.22. The van der Waals surface area contributed by atoms with Gasteiger partial charge in [-0.15, -0.1) is 0 Å². The Morgan fingerprint density at radius 3 is 2.44 bits per heavy atom. The molecule has 80 valence electrons. The number of hydrogen-bond acceptors (Lipinski definition) is 3. The van der Waals surface area contributed by atoms with Gasteiger partial charge in [-0.2, -0.15) is 10.5 Å². The summed E-state index contributed by atoms with van der Waals surface area (Å²) in [5, 5.41) is 18.5. The summed E-state index contributed by atoms with van der Waals surface area (Å²) in [4.78, 5) is 2.05. The van der Waals surface area contributed by atoms with Crippen molar-refractivity contribution in [2.45, 2.75) is 5.92 Å². The van der Waals surface area contributed by atoms with Crippen molar-refractivity contribution in [3.05, 3.63) is 35.9 Å². The van der Waals surface area contributed by atoms with Gasteiger partial charge in [-0.1, -0.05) is 30.3 Å². The minimum Gasteiger partial charge on any atom is -0.303 e. The fourth-order valence-corrected chi connectivity index (χ4v) is 2.39. The molecule has 0 amide bonds. The van der Waals surface area contributed by atoms with Crippen molar-refractivity contribution in [1.82, 2.24) is 4.90 Å². The lowest BCUT2D eigenvalue weighted by atomic mass is 9.77. The summed E-state index contributed by atoms with van der Waals surface area (Å²) in [5.74, 6) is -0.00583. The number of rotatable bonds is 1. The van der Waals surface area contributed by atoms with Gasteiger partial charge in [-0.05, 0) is 12.6 Å². The lowest BCUT2D eigenvalue weighted by Crippen LogP contribution is -2.25. The monoisotopic (exact) mass is 211 g/mol. The second kappa shape index (κ2) is 3.96. The SMILES string of the molecule is CN1CC(c2ccccc2)C(C#N)(C#N)C1. The zero-order valence-corrected chi connectivity index (χ0v) is 9.22. The van der Waals surface area contributed by atoms with Crippen molar-refractivity contribution < 1.29 is 0 Å². The van der Waals surface area contributed by atoms with Crippen LogP contribution in [0.5, 0.6) is 0 Å². The molecule has 3 nitrogen and oxygen atoms in total. The van der Waals surface area contributed by atoms with Crippen LogP contribution in [-0.4, -0.2) is 25.0 Å². The first-order valence-electron chi connectivity index (χ1n) is 5.28. The molecule has 0 N–H and O–H groups in total. The van der Waals surface area contributed by atoms with Gasteiger partial charge in [0.25, 0.3) is 0 Å². The number of nitrogens with zero attached hydrogens (tertiary/aromatic N) is 3.